The van der Waals surface area contributed by atoms with Crippen molar-refractivity contribution in [3.63, 3.8) is 0 Å². The summed E-state index contributed by atoms with van der Waals surface area (Å²) in [5, 5.41) is 3.49. The van der Waals surface area contributed by atoms with Gasteiger partial charge in [-0.15, -0.1) is 0 Å². The van der Waals surface area contributed by atoms with Crippen molar-refractivity contribution in [2.75, 3.05) is 33.2 Å². The maximum Gasteiger partial charge on any atom is 0.0159 e. The summed E-state index contributed by atoms with van der Waals surface area (Å²) in [5.41, 5.74) is 1.73. The zero-order chi connectivity index (χ0) is 10.6. The van der Waals surface area contributed by atoms with Crippen LogP contribution in [0.1, 0.15) is 26.7 Å². The van der Waals surface area contributed by atoms with Gasteiger partial charge in [0.05, 0.1) is 0 Å². The third kappa shape index (κ3) is 3.81. The smallest absolute Gasteiger partial charge is 0.0159 e. The molecule has 0 saturated carbocycles. The van der Waals surface area contributed by atoms with Gasteiger partial charge in [-0.1, -0.05) is 19.1 Å². The molecule has 0 aromatic carbocycles. The van der Waals surface area contributed by atoms with Gasteiger partial charge in [-0.2, -0.15) is 0 Å². The van der Waals surface area contributed by atoms with Gasteiger partial charge in [0.25, 0.3) is 0 Å². The summed E-state index contributed by atoms with van der Waals surface area (Å²) in [6, 6.07) is 0. The average Bonchev–Trinajstić information content (AvgIpc) is 2.10. The number of nitrogens with one attached hydrogen (secondary N) is 1. The van der Waals surface area contributed by atoms with E-state index in [1.54, 1.807) is 0 Å². The van der Waals surface area contributed by atoms with E-state index in [9.17, 15) is 0 Å². The van der Waals surface area contributed by atoms with Gasteiger partial charge in [0.15, 0.2) is 0 Å². The first kappa shape index (κ1) is 11.7. The van der Waals surface area contributed by atoms with Crippen LogP contribution in [0, 0.1) is 5.41 Å². The molecule has 82 valence electrons. The van der Waals surface area contributed by atoms with Crippen molar-refractivity contribution < 1.29 is 0 Å². The fourth-order valence-corrected chi connectivity index (χ4v) is 1.91. The van der Waals surface area contributed by atoms with E-state index in [0.717, 1.165) is 13.1 Å². The second kappa shape index (κ2) is 4.94. The lowest BCUT2D eigenvalue weighted by Gasteiger charge is -2.38. The van der Waals surface area contributed by atoms with Gasteiger partial charge in [-0.25, -0.2) is 0 Å². The van der Waals surface area contributed by atoms with Crippen LogP contribution < -0.4 is 5.32 Å². The van der Waals surface area contributed by atoms with Crippen LogP contribution in [0.4, 0.5) is 0 Å². The molecular weight excluding hydrogens is 172 g/mol. The Morgan fingerprint density at radius 1 is 1.43 bits per heavy atom. The van der Waals surface area contributed by atoms with Crippen LogP contribution in [0.15, 0.2) is 12.2 Å². The Balaban J connectivity index is 2.25. The Bertz CT molecular complexity index is 190. The normalized spacial score (nSPS) is 22.2. The minimum atomic E-state index is 0.502. The van der Waals surface area contributed by atoms with E-state index in [1.165, 1.54) is 31.5 Å². The van der Waals surface area contributed by atoms with Crippen molar-refractivity contribution >= 4 is 0 Å². The third-order valence-electron chi connectivity index (χ3n) is 3.17. The molecule has 1 N–H and O–H groups in total. The second-order valence-corrected chi connectivity index (χ2v) is 5.17. The molecule has 0 aliphatic carbocycles. The molecule has 2 nitrogen and oxygen atoms in total. The van der Waals surface area contributed by atoms with Crippen LogP contribution in [0.5, 0.6) is 0 Å². The molecule has 1 aliphatic rings. The highest BCUT2D eigenvalue weighted by Gasteiger charge is 2.27. The molecule has 1 heterocycles. The van der Waals surface area contributed by atoms with E-state index >= 15 is 0 Å². The predicted octanol–water partition coefficient (Wildman–Crippen LogP) is 1.88. The standard InChI is InChI=1S/C12H24N2/c1-11(2)9-13-10-12(3)5-7-14(4)8-6-12/h13H,1,5-10H2,2-4H3. The topological polar surface area (TPSA) is 15.3 Å². The average molecular weight is 196 g/mol. The van der Waals surface area contributed by atoms with Crippen LogP contribution in [-0.2, 0) is 0 Å². The van der Waals surface area contributed by atoms with E-state index in [2.05, 4.69) is 37.7 Å². The van der Waals surface area contributed by atoms with E-state index < -0.39 is 0 Å². The van der Waals surface area contributed by atoms with Gasteiger partial charge in [-0.3, -0.25) is 0 Å². The molecule has 1 aliphatic heterocycles. The first-order chi connectivity index (χ1) is 6.52. The number of piperidine rings is 1. The third-order valence-corrected chi connectivity index (χ3v) is 3.17. The molecule has 2 heteroatoms. The van der Waals surface area contributed by atoms with Gasteiger partial charge in [0.1, 0.15) is 0 Å². The molecule has 0 aromatic rings. The minimum Gasteiger partial charge on any atom is -0.312 e. The quantitative estimate of drug-likeness (QED) is 0.691. The molecule has 0 atom stereocenters. The maximum atomic E-state index is 3.90. The highest BCUT2D eigenvalue weighted by molar-refractivity contribution is 4.92. The Hall–Kier alpha value is -0.340. The Morgan fingerprint density at radius 2 is 2.00 bits per heavy atom. The predicted molar refractivity (Wildman–Crippen MR) is 62.5 cm³/mol. The van der Waals surface area contributed by atoms with Crippen molar-refractivity contribution in [2.45, 2.75) is 26.7 Å². The van der Waals surface area contributed by atoms with Crippen LogP contribution >= 0.6 is 0 Å². The SMILES string of the molecule is C=C(C)CNCC1(C)CCN(C)CC1. The Kier molecular flexibility index (Phi) is 4.14. The summed E-state index contributed by atoms with van der Waals surface area (Å²) >= 11 is 0. The molecule has 0 amide bonds. The highest BCUT2D eigenvalue weighted by atomic mass is 15.1. The number of rotatable bonds is 4. The van der Waals surface area contributed by atoms with E-state index in [0.29, 0.717) is 5.41 Å². The zero-order valence-electron chi connectivity index (χ0n) is 9.90. The summed E-state index contributed by atoms with van der Waals surface area (Å²) in [5.74, 6) is 0. The van der Waals surface area contributed by atoms with Gasteiger partial charge in [-0.05, 0) is 45.3 Å². The molecule has 14 heavy (non-hydrogen) atoms. The van der Waals surface area contributed by atoms with Crippen LogP contribution in [-0.4, -0.2) is 38.1 Å². The molecule has 0 radical (unpaired) electrons. The summed E-state index contributed by atoms with van der Waals surface area (Å²) < 4.78 is 0. The van der Waals surface area contributed by atoms with Crippen molar-refractivity contribution in [3.05, 3.63) is 12.2 Å². The number of hydrogen-bond acceptors (Lipinski definition) is 2. The van der Waals surface area contributed by atoms with Gasteiger partial charge in [0.2, 0.25) is 0 Å². The number of hydrogen-bond donors (Lipinski definition) is 1. The summed E-state index contributed by atoms with van der Waals surface area (Å²) in [6.45, 7) is 12.9. The lowest BCUT2D eigenvalue weighted by atomic mass is 9.80. The fraction of sp³-hybridized carbons (Fsp3) is 0.833. The zero-order valence-corrected chi connectivity index (χ0v) is 9.90. The van der Waals surface area contributed by atoms with E-state index in [-0.39, 0.29) is 0 Å². The van der Waals surface area contributed by atoms with Crippen LogP contribution in [0.3, 0.4) is 0 Å². The maximum absolute atomic E-state index is 3.90. The fourth-order valence-electron chi connectivity index (χ4n) is 1.91. The summed E-state index contributed by atoms with van der Waals surface area (Å²) in [6.07, 6.45) is 2.62. The lowest BCUT2D eigenvalue weighted by molar-refractivity contribution is 0.138. The number of likely N-dealkylation sites (tertiary alicyclic amines) is 1. The molecule has 1 saturated heterocycles. The first-order valence-corrected chi connectivity index (χ1v) is 5.55. The van der Waals surface area contributed by atoms with Crippen molar-refractivity contribution in [1.29, 1.82) is 0 Å². The summed E-state index contributed by atoms with van der Waals surface area (Å²) in [4.78, 5) is 2.42. The Morgan fingerprint density at radius 3 is 2.50 bits per heavy atom. The molecular formula is C12H24N2. The van der Waals surface area contributed by atoms with E-state index in [4.69, 9.17) is 0 Å². The lowest BCUT2D eigenvalue weighted by Crippen LogP contribution is -2.42. The molecule has 1 rings (SSSR count). The molecule has 0 unspecified atom stereocenters. The second-order valence-electron chi connectivity index (χ2n) is 5.17. The van der Waals surface area contributed by atoms with Gasteiger partial charge in [0, 0.05) is 13.1 Å². The largest absolute Gasteiger partial charge is 0.312 e. The summed E-state index contributed by atoms with van der Waals surface area (Å²) in [7, 11) is 2.21. The molecule has 1 fully saturated rings. The van der Waals surface area contributed by atoms with Crippen molar-refractivity contribution in [2.24, 2.45) is 5.41 Å². The van der Waals surface area contributed by atoms with Gasteiger partial charge < -0.3 is 10.2 Å². The first-order valence-electron chi connectivity index (χ1n) is 5.55. The van der Waals surface area contributed by atoms with Crippen molar-refractivity contribution in [1.82, 2.24) is 10.2 Å². The van der Waals surface area contributed by atoms with Gasteiger partial charge >= 0.3 is 0 Å². The molecule has 0 bridgehead atoms. The van der Waals surface area contributed by atoms with Crippen LogP contribution in [0.25, 0.3) is 0 Å². The van der Waals surface area contributed by atoms with Crippen LogP contribution in [0.2, 0.25) is 0 Å². The Labute approximate surface area is 88.4 Å². The van der Waals surface area contributed by atoms with E-state index in [1.807, 2.05) is 0 Å². The molecule has 0 aromatic heterocycles. The number of nitrogens with zero attached hydrogens (tertiary/aromatic N) is 1. The van der Waals surface area contributed by atoms with Crippen molar-refractivity contribution in [3.8, 4) is 0 Å². The highest BCUT2D eigenvalue weighted by Crippen LogP contribution is 2.29. The monoisotopic (exact) mass is 196 g/mol. The molecule has 0 spiro atoms. The minimum absolute atomic E-state index is 0.502.